The van der Waals surface area contributed by atoms with Gasteiger partial charge in [0.1, 0.15) is 0 Å². The minimum absolute atomic E-state index is 0.588. The molecule has 0 aliphatic rings. The number of unbranched alkanes of at least 4 members (excludes halogenated alkanes) is 16. The molecule has 0 unspecified atom stereocenters. The normalized spacial score (nSPS) is 12.2. The quantitative estimate of drug-likeness (QED) is 0.0640. The standard InChI is InChI=1S/C41H68O4/c1-5-42-40(43-6-2,38-32-26-24-27-33-38)36-30-22-20-18-16-14-12-10-9-11-13-15-17-19-21-23-31-37-41(44-7-3,45-8-4)39-34-28-25-29-35-39/h24-29,32-35H,5-23,30-31,36-37H2,1-4H3. The van der Waals surface area contributed by atoms with E-state index in [2.05, 4.69) is 88.4 Å². The average molecular weight is 625 g/mol. The molecule has 0 aliphatic carbocycles. The van der Waals surface area contributed by atoms with Crippen LogP contribution in [0, 0.1) is 0 Å². The Morgan fingerprint density at radius 3 is 0.778 bits per heavy atom. The van der Waals surface area contributed by atoms with Crippen LogP contribution in [-0.4, -0.2) is 26.4 Å². The van der Waals surface area contributed by atoms with Gasteiger partial charge in [-0.25, -0.2) is 0 Å². The van der Waals surface area contributed by atoms with Crippen molar-refractivity contribution >= 4 is 0 Å². The number of ether oxygens (including phenoxy) is 4. The molecule has 0 heterocycles. The van der Waals surface area contributed by atoms with Crippen LogP contribution in [0.2, 0.25) is 0 Å². The van der Waals surface area contributed by atoms with Crippen LogP contribution < -0.4 is 0 Å². The molecule has 4 nitrogen and oxygen atoms in total. The van der Waals surface area contributed by atoms with Crippen molar-refractivity contribution in [1.82, 2.24) is 0 Å². The largest absolute Gasteiger partial charge is 0.346 e. The number of hydrogen-bond acceptors (Lipinski definition) is 4. The molecule has 0 fully saturated rings. The summed E-state index contributed by atoms with van der Waals surface area (Å²) in [5, 5.41) is 0. The molecule has 0 spiro atoms. The first-order valence-electron chi connectivity index (χ1n) is 18.8. The van der Waals surface area contributed by atoms with Crippen molar-refractivity contribution in [3.05, 3.63) is 71.8 Å². The van der Waals surface area contributed by atoms with E-state index in [-0.39, 0.29) is 0 Å². The van der Waals surface area contributed by atoms with Crippen molar-refractivity contribution in [3.8, 4) is 0 Å². The maximum absolute atomic E-state index is 6.20. The second-order valence-corrected chi connectivity index (χ2v) is 12.5. The molecule has 256 valence electrons. The molecule has 45 heavy (non-hydrogen) atoms. The SMILES string of the molecule is CCOC(CCCCCCCCCCCCCCCCCCCC(OCC)(OCC)c1ccccc1)(OCC)c1ccccc1. The van der Waals surface area contributed by atoms with E-state index in [1.54, 1.807) is 0 Å². The topological polar surface area (TPSA) is 36.9 Å². The van der Waals surface area contributed by atoms with E-state index in [1.165, 1.54) is 96.3 Å². The maximum Gasteiger partial charge on any atom is 0.194 e. The maximum atomic E-state index is 6.20. The predicted molar refractivity (Wildman–Crippen MR) is 190 cm³/mol. The first-order chi connectivity index (χ1) is 22.2. The lowest BCUT2D eigenvalue weighted by molar-refractivity contribution is -0.247. The van der Waals surface area contributed by atoms with E-state index >= 15 is 0 Å². The minimum atomic E-state index is -0.588. The minimum Gasteiger partial charge on any atom is -0.346 e. The highest BCUT2D eigenvalue weighted by Crippen LogP contribution is 2.34. The van der Waals surface area contributed by atoms with Gasteiger partial charge in [-0.15, -0.1) is 0 Å². The van der Waals surface area contributed by atoms with E-state index in [1.807, 2.05) is 0 Å². The molecule has 2 rings (SSSR count). The summed E-state index contributed by atoms with van der Waals surface area (Å²) in [5.41, 5.74) is 2.29. The second kappa shape index (κ2) is 25.4. The zero-order valence-electron chi connectivity index (χ0n) is 29.7. The van der Waals surface area contributed by atoms with Crippen LogP contribution in [0.3, 0.4) is 0 Å². The van der Waals surface area contributed by atoms with E-state index < -0.39 is 11.6 Å². The van der Waals surface area contributed by atoms with Gasteiger partial charge in [0.05, 0.1) is 0 Å². The second-order valence-electron chi connectivity index (χ2n) is 12.5. The lowest BCUT2D eigenvalue weighted by atomic mass is 9.97. The van der Waals surface area contributed by atoms with E-state index in [9.17, 15) is 0 Å². The van der Waals surface area contributed by atoms with Gasteiger partial charge in [0.25, 0.3) is 0 Å². The third kappa shape index (κ3) is 15.6. The van der Waals surface area contributed by atoms with Crippen LogP contribution in [0.15, 0.2) is 60.7 Å². The van der Waals surface area contributed by atoms with Gasteiger partial charge >= 0.3 is 0 Å². The molecule has 0 bridgehead atoms. The summed E-state index contributed by atoms with van der Waals surface area (Å²) >= 11 is 0. The van der Waals surface area contributed by atoms with E-state index in [0.29, 0.717) is 26.4 Å². The fraction of sp³-hybridized carbons (Fsp3) is 0.707. The van der Waals surface area contributed by atoms with Gasteiger partial charge in [-0.1, -0.05) is 157 Å². The molecule has 0 aliphatic heterocycles. The van der Waals surface area contributed by atoms with Crippen molar-refractivity contribution in [2.45, 2.75) is 161 Å². The number of hydrogen-bond donors (Lipinski definition) is 0. The monoisotopic (exact) mass is 625 g/mol. The van der Waals surface area contributed by atoms with Crippen LogP contribution >= 0.6 is 0 Å². The number of rotatable bonds is 30. The molecule has 0 aromatic heterocycles. The van der Waals surface area contributed by atoms with Crippen molar-refractivity contribution < 1.29 is 18.9 Å². The summed E-state index contributed by atoms with van der Waals surface area (Å²) in [4.78, 5) is 0. The number of benzene rings is 2. The van der Waals surface area contributed by atoms with Crippen LogP contribution in [0.5, 0.6) is 0 Å². The average Bonchev–Trinajstić information content (AvgIpc) is 3.07. The first-order valence-corrected chi connectivity index (χ1v) is 18.8. The fourth-order valence-corrected chi connectivity index (χ4v) is 6.68. The molecular weight excluding hydrogens is 556 g/mol. The molecular formula is C41H68O4. The van der Waals surface area contributed by atoms with Crippen LogP contribution in [0.1, 0.15) is 161 Å². The molecule has 2 aromatic rings. The highest BCUT2D eigenvalue weighted by atomic mass is 16.7. The molecule has 4 heteroatoms. The Balaban J connectivity index is 1.43. The Morgan fingerprint density at radius 1 is 0.333 bits per heavy atom. The summed E-state index contributed by atoms with van der Waals surface area (Å²) in [5.74, 6) is -1.18. The Labute approximate surface area is 278 Å². The van der Waals surface area contributed by atoms with Crippen LogP contribution in [0.4, 0.5) is 0 Å². The van der Waals surface area contributed by atoms with Gasteiger partial charge in [-0.05, 0) is 40.5 Å². The summed E-state index contributed by atoms with van der Waals surface area (Å²) in [7, 11) is 0. The van der Waals surface area contributed by atoms with E-state index in [0.717, 1.165) is 36.8 Å². The molecule has 2 aromatic carbocycles. The highest BCUT2D eigenvalue weighted by molar-refractivity contribution is 5.21. The molecule has 0 saturated heterocycles. The van der Waals surface area contributed by atoms with E-state index in [4.69, 9.17) is 18.9 Å². The van der Waals surface area contributed by atoms with Gasteiger partial charge in [-0.2, -0.15) is 0 Å². The van der Waals surface area contributed by atoms with Crippen molar-refractivity contribution in [2.24, 2.45) is 0 Å². The van der Waals surface area contributed by atoms with Gasteiger partial charge in [-0.3, -0.25) is 0 Å². The lowest BCUT2D eigenvalue weighted by Crippen LogP contribution is -2.33. The van der Waals surface area contributed by atoms with Gasteiger partial charge in [0.15, 0.2) is 11.6 Å². The molecule has 0 N–H and O–H groups in total. The van der Waals surface area contributed by atoms with Crippen molar-refractivity contribution in [1.29, 1.82) is 0 Å². The molecule has 0 amide bonds. The molecule has 0 saturated carbocycles. The third-order valence-electron chi connectivity index (χ3n) is 8.95. The lowest BCUT2D eigenvalue weighted by Gasteiger charge is -2.34. The summed E-state index contributed by atoms with van der Waals surface area (Å²) in [6.45, 7) is 10.9. The summed E-state index contributed by atoms with van der Waals surface area (Å²) < 4.78 is 24.8. The Hall–Kier alpha value is -1.72. The smallest absolute Gasteiger partial charge is 0.194 e. The van der Waals surface area contributed by atoms with Gasteiger partial charge in [0.2, 0.25) is 0 Å². The van der Waals surface area contributed by atoms with Crippen LogP contribution in [-0.2, 0) is 30.5 Å². The fourth-order valence-electron chi connectivity index (χ4n) is 6.68. The zero-order chi connectivity index (χ0) is 32.3. The zero-order valence-corrected chi connectivity index (χ0v) is 29.7. The van der Waals surface area contributed by atoms with Crippen molar-refractivity contribution in [2.75, 3.05) is 26.4 Å². The first kappa shape index (κ1) is 39.5. The Bertz CT molecular complexity index is 828. The predicted octanol–water partition coefficient (Wildman–Crippen LogP) is 12.3. The van der Waals surface area contributed by atoms with Crippen LogP contribution in [0.25, 0.3) is 0 Å². The summed E-state index contributed by atoms with van der Waals surface area (Å²) in [6.07, 6.45) is 24.6. The van der Waals surface area contributed by atoms with Gasteiger partial charge in [0, 0.05) is 50.4 Å². The van der Waals surface area contributed by atoms with Gasteiger partial charge < -0.3 is 18.9 Å². The third-order valence-corrected chi connectivity index (χ3v) is 8.95. The Kier molecular flexibility index (Phi) is 22.3. The molecule has 0 atom stereocenters. The summed E-state index contributed by atoms with van der Waals surface area (Å²) in [6, 6.07) is 21.0. The Morgan fingerprint density at radius 2 is 0.556 bits per heavy atom. The molecule has 0 radical (unpaired) electrons. The van der Waals surface area contributed by atoms with Crippen molar-refractivity contribution in [3.63, 3.8) is 0 Å². The highest BCUT2D eigenvalue weighted by Gasteiger charge is 2.34.